The van der Waals surface area contributed by atoms with E-state index in [-0.39, 0.29) is 48.3 Å². The van der Waals surface area contributed by atoms with Gasteiger partial charge in [-0.05, 0) is 12.8 Å². The van der Waals surface area contributed by atoms with Gasteiger partial charge in [0, 0.05) is 12.8 Å². The summed E-state index contributed by atoms with van der Waals surface area (Å²) in [7, 11) is 0. The van der Waals surface area contributed by atoms with Crippen LogP contribution >= 0.6 is 0 Å². The molecule has 0 aliphatic heterocycles. The van der Waals surface area contributed by atoms with Gasteiger partial charge in [-0.3, -0.25) is 9.59 Å². The molecule has 0 bridgehead atoms. The van der Waals surface area contributed by atoms with Crippen LogP contribution in [0.15, 0.2) is 0 Å². The molecule has 0 saturated carbocycles. The summed E-state index contributed by atoms with van der Waals surface area (Å²) in [5.74, 6) is -2.55. The van der Waals surface area contributed by atoms with Crippen molar-refractivity contribution in [3.8, 4) is 0 Å². The van der Waals surface area contributed by atoms with Gasteiger partial charge in [-0.25, -0.2) is 4.79 Å². The summed E-state index contributed by atoms with van der Waals surface area (Å²) in [5, 5.41) is 20.1. The van der Waals surface area contributed by atoms with Gasteiger partial charge in [0.1, 0.15) is 6.04 Å². The van der Waals surface area contributed by atoms with E-state index in [2.05, 4.69) is 12.2 Å². The molecule has 3 N–H and O–H groups in total. The molecule has 6 nitrogen and oxygen atoms in total. The third kappa shape index (κ3) is 22.1. The SMILES string of the molecule is CCCCCCCCCCCCCCCCCC(=O)NC(CCC(=O)O)C(=O)O.[NaH]. The number of carboxylic acid groups (broad SMARTS) is 2. The van der Waals surface area contributed by atoms with Crippen molar-refractivity contribution in [3.05, 3.63) is 0 Å². The van der Waals surface area contributed by atoms with Gasteiger partial charge >= 0.3 is 41.5 Å². The Hall–Kier alpha value is -0.590. The zero-order valence-corrected chi connectivity index (χ0v) is 18.4. The Bertz CT molecular complexity index is 445. The molecule has 0 spiro atoms. The van der Waals surface area contributed by atoms with Crippen LogP contribution in [0.2, 0.25) is 0 Å². The summed E-state index contributed by atoms with van der Waals surface area (Å²) in [5.41, 5.74) is 0. The third-order valence-corrected chi connectivity index (χ3v) is 5.29. The summed E-state index contributed by atoms with van der Waals surface area (Å²) in [4.78, 5) is 33.4. The molecule has 0 aliphatic carbocycles. The Morgan fingerprint density at radius 3 is 1.43 bits per heavy atom. The first-order valence-corrected chi connectivity index (χ1v) is 11.7. The van der Waals surface area contributed by atoms with Gasteiger partial charge in [0.15, 0.2) is 0 Å². The molecule has 1 amide bonds. The predicted octanol–water partition coefficient (Wildman–Crippen LogP) is 5.03. The summed E-state index contributed by atoms with van der Waals surface area (Å²) in [6.07, 6.45) is 18.8. The van der Waals surface area contributed by atoms with E-state index in [1.807, 2.05) is 0 Å². The van der Waals surface area contributed by atoms with Crippen LogP contribution in [-0.4, -0.2) is 63.7 Å². The molecule has 0 aromatic heterocycles. The van der Waals surface area contributed by atoms with Gasteiger partial charge in [0.05, 0.1) is 0 Å². The zero-order valence-electron chi connectivity index (χ0n) is 18.4. The predicted molar refractivity (Wildman–Crippen MR) is 123 cm³/mol. The fraction of sp³-hybridized carbons (Fsp3) is 0.870. The molecule has 0 fully saturated rings. The number of unbranched alkanes of at least 4 members (excludes halogenated alkanes) is 14. The van der Waals surface area contributed by atoms with Crippen molar-refractivity contribution in [2.75, 3.05) is 0 Å². The summed E-state index contributed by atoms with van der Waals surface area (Å²) < 4.78 is 0. The van der Waals surface area contributed by atoms with Crippen molar-refractivity contribution >= 4 is 47.4 Å². The quantitative estimate of drug-likeness (QED) is 0.172. The van der Waals surface area contributed by atoms with Crippen molar-refractivity contribution in [2.45, 2.75) is 129 Å². The van der Waals surface area contributed by atoms with Crippen molar-refractivity contribution in [2.24, 2.45) is 0 Å². The number of hydrogen-bond donors (Lipinski definition) is 3. The van der Waals surface area contributed by atoms with Crippen LogP contribution in [-0.2, 0) is 14.4 Å². The normalized spacial score (nSPS) is 11.5. The molecular formula is C23H44NNaO5. The molecule has 0 aromatic carbocycles. The van der Waals surface area contributed by atoms with Gasteiger partial charge < -0.3 is 15.5 Å². The average Bonchev–Trinajstić information content (AvgIpc) is 2.67. The number of carbonyl (C=O) groups is 3. The van der Waals surface area contributed by atoms with Crippen LogP contribution in [0.3, 0.4) is 0 Å². The second-order valence-corrected chi connectivity index (χ2v) is 8.09. The number of carboxylic acids is 2. The Morgan fingerprint density at radius 1 is 0.667 bits per heavy atom. The molecule has 1 unspecified atom stereocenters. The number of carbonyl (C=O) groups excluding carboxylic acids is 1. The number of nitrogens with one attached hydrogen (secondary N) is 1. The van der Waals surface area contributed by atoms with Crippen molar-refractivity contribution in [3.63, 3.8) is 0 Å². The van der Waals surface area contributed by atoms with E-state index < -0.39 is 18.0 Å². The fourth-order valence-electron chi connectivity index (χ4n) is 3.45. The van der Waals surface area contributed by atoms with Crippen LogP contribution in [0.1, 0.15) is 122 Å². The third-order valence-electron chi connectivity index (χ3n) is 5.29. The second kappa shape index (κ2) is 23.1. The van der Waals surface area contributed by atoms with E-state index in [4.69, 9.17) is 10.2 Å². The monoisotopic (exact) mass is 437 g/mol. The molecule has 1 atom stereocenters. The minimum atomic E-state index is -1.18. The number of amides is 1. The average molecular weight is 438 g/mol. The van der Waals surface area contributed by atoms with Gasteiger partial charge in [0.25, 0.3) is 0 Å². The first-order valence-electron chi connectivity index (χ1n) is 11.7. The van der Waals surface area contributed by atoms with E-state index in [0.29, 0.717) is 6.42 Å². The Kier molecular flexibility index (Phi) is 24.3. The standard InChI is InChI=1S/C23H43NO5.Na.H/c1-2-3-4-5-6-7-8-9-10-11-12-13-14-15-16-17-21(25)24-20(23(28)29)18-19-22(26)27;;/h20H,2-19H2,1H3,(H,24,25)(H,26,27)(H,28,29);;. The van der Waals surface area contributed by atoms with Crippen molar-refractivity contribution < 1.29 is 24.6 Å². The van der Waals surface area contributed by atoms with Crippen LogP contribution < -0.4 is 5.32 Å². The number of aliphatic carboxylic acids is 2. The summed E-state index contributed by atoms with van der Waals surface area (Å²) >= 11 is 0. The summed E-state index contributed by atoms with van der Waals surface area (Å²) in [6.45, 7) is 2.25. The minimum absolute atomic E-state index is 0. The first-order chi connectivity index (χ1) is 14.0. The summed E-state index contributed by atoms with van der Waals surface area (Å²) in [6, 6.07) is -1.12. The maximum absolute atomic E-state index is 11.8. The van der Waals surface area contributed by atoms with Crippen LogP contribution in [0.4, 0.5) is 0 Å². The van der Waals surface area contributed by atoms with Crippen LogP contribution in [0.25, 0.3) is 0 Å². The van der Waals surface area contributed by atoms with Crippen molar-refractivity contribution in [1.82, 2.24) is 5.32 Å². The Morgan fingerprint density at radius 2 is 1.07 bits per heavy atom. The molecule has 30 heavy (non-hydrogen) atoms. The van der Waals surface area contributed by atoms with E-state index >= 15 is 0 Å². The van der Waals surface area contributed by atoms with E-state index in [9.17, 15) is 14.4 Å². The maximum atomic E-state index is 11.8. The topological polar surface area (TPSA) is 104 Å². The fourth-order valence-corrected chi connectivity index (χ4v) is 3.45. The zero-order chi connectivity index (χ0) is 21.7. The van der Waals surface area contributed by atoms with Gasteiger partial charge in [-0.2, -0.15) is 0 Å². The van der Waals surface area contributed by atoms with E-state index in [1.54, 1.807) is 0 Å². The first kappa shape index (κ1) is 31.6. The van der Waals surface area contributed by atoms with Crippen LogP contribution in [0.5, 0.6) is 0 Å². The number of hydrogen-bond acceptors (Lipinski definition) is 3. The molecule has 0 rings (SSSR count). The van der Waals surface area contributed by atoms with Gasteiger partial charge in [-0.15, -0.1) is 0 Å². The van der Waals surface area contributed by atoms with Gasteiger partial charge in [-0.1, -0.05) is 96.8 Å². The van der Waals surface area contributed by atoms with E-state index in [1.165, 1.54) is 77.0 Å². The molecule has 0 aliphatic rings. The van der Waals surface area contributed by atoms with Gasteiger partial charge in [0.2, 0.25) is 5.91 Å². The molecule has 0 radical (unpaired) electrons. The molecule has 0 aromatic rings. The van der Waals surface area contributed by atoms with E-state index in [0.717, 1.165) is 19.3 Å². The van der Waals surface area contributed by atoms with Crippen LogP contribution in [0, 0.1) is 0 Å². The molecule has 7 heteroatoms. The number of rotatable bonds is 21. The molecule has 0 saturated heterocycles. The Balaban J connectivity index is 0. The van der Waals surface area contributed by atoms with Crippen molar-refractivity contribution in [1.29, 1.82) is 0 Å². The molecular weight excluding hydrogens is 393 g/mol. The molecule has 172 valence electrons. The second-order valence-electron chi connectivity index (χ2n) is 8.09. The molecule has 0 heterocycles. The Labute approximate surface area is 205 Å².